The molecule has 2 saturated heterocycles. The topological polar surface area (TPSA) is 63.1 Å². The molecule has 3 fully saturated rings. The number of piperidine rings is 1. The lowest BCUT2D eigenvalue weighted by Crippen LogP contribution is -2.33. The van der Waals surface area contributed by atoms with Gasteiger partial charge in [-0.1, -0.05) is 23.9 Å². The van der Waals surface area contributed by atoms with E-state index in [2.05, 4.69) is 20.4 Å². The monoisotopic (exact) mass is 529 g/mol. The lowest BCUT2D eigenvalue weighted by molar-refractivity contribution is -0.137. The maximum absolute atomic E-state index is 12.8. The molecule has 1 saturated carbocycles. The van der Waals surface area contributed by atoms with Crippen molar-refractivity contribution in [3.8, 4) is 0 Å². The molecule has 2 aliphatic heterocycles. The first-order chi connectivity index (χ1) is 16.2. The van der Waals surface area contributed by atoms with E-state index in [1.807, 2.05) is 11.6 Å². The average Bonchev–Trinajstić information content (AvgIpc) is 3.14. The van der Waals surface area contributed by atoms with Crippen molar-refractivity contribution >= 4 is 30.1 Å². The molecule has 0 bridgehead atoms. The maximum atomic E-state index is 12.8. The van der Waals surface area contributed by atoms with Crippen LogP contribution >= 0.6 is 24.2 Å². The summed E-state index contributed by atoms with van der Waals surface area (Å²) >= 11 is 1.70. The van der Waals surface area contributed by atoms with Crippen LogP contribution in [0.5, 0.6) is 0 Å². The number of hydrogen-bond acceptors (Lipinski definition) is 5. The normalized spacial score (nSPS) is 26.6. The highest BCUT2D eigenvalue weighted by molar-refractivity contribution is 7.99. The summed E-state index contributed by atoms with van der Waals surface area (Å²) in [6.45, 7) is 3.79. The zero-order valence-electron chi connectivity index (χ0n) is 19.7. The average molecular weight is 530 g/mol. The summed E-state index contributed by atoms with van der Waals surface area (Å²) in [4.78, 5) is 14.2. The fourth-order valence-electron chi connectivity index (χ4n) is 5.61. The summed E-state index contributed by atoms with van der Waals surface area (Å²) in [6, 6.07) is 5.76. The SMILES string of the molecule is Cl.Cn1c(SCCCN2CC[C@]3(C[C@@H]3c3ccc(C(F)(F)F)cc3)C2)nnc1C1CCNC(=O)C1. The molecular weight excluding hydrogens is 499 g/mol. The van der Waals surface area contributed by atoms with Crippen LogP contribution in [0, 0.1) is 5.41 Å². The number of carbonyl (C=O) groups is 1. The number of aromatic nitrogens is 3. The molecule has 1 spiro atoms. The van der Waals surface area contributed by atoms with Crippen LogP contribution in [0.4, 0.5) is 13.2 Å². The number of nitrogens with one attached hydrogen (secondary N) is 1. The van der Waals surface area contributed by atoms with E-state index in [-0.39, 0.29) is 29.6 Å². The minimum absolute atomic E-state index is 0. The molecule has 1 aliphatic carbocycles. The molecule has 5 rings (SSSR count). The van der Waals surface area contributed by atoms with E-state index in [1.165, 1.54) is 12.1 Å². The highest BCUT2D eigenvalue weighted by atomic mass is 35.5. The van der Waals surface area contributed by atoms with Crippen LogP contribution in [0.25, 0.3) is 0 Å². The number of carbonyl (C=O) groups excluding carboxylic acids is 1. The minimum atomic E-state index is -4.28. The van der Waals surface area contributed by atoms with Crippen molar-refractivity contribution in [2.24, 2.45) is 12.5 Å². The number of thioether (sulfide) groups is 1. The predicted octanol–water partition coefficient (Wildman–Crippen LogP) is 4.61. The third-order valence-corrected chi connectivity index (χ3v) is 8.73. The van der Waals surface area contributed by atoms with Crippen molar-refractivity contribution in [2.45, 2.75) is 55.3 Å². The third-order valence-electron chi connectivity index (χ3n) is 7.62. The Morgan fingerprint density at radius 1 is 1.23 bits per heavy atom. The molecule has 0 radical (unpaired) electrons. The van der Waals surface area contributed by atoms with Crippen LogP contribution in [0.1, 0.15) is 60.9 Å². The van der Waals surface area contributed by atoms with Gasteiger partial charge in [0, 0.05) is 38.2 Å². The standard InChI is InChI=1S/C24H30F3N5OS.ClH/c1-31-21(17-7-9-28-20(33)13-17)29-30-22(31)34-12-2-10-32-11-8-23(15-32)14-19(23)16-3-5-18(6-4-16)24(25,26)27;/h3-6,17,19H,2,7-15H2,1H3,(H,28,33);1H/t17?,19-,23+;/m1./s1. The van der Waals surface area contributed by atoms with Crippen LogP contribution in [0.3, 0.4) is 0 Å². The highest BCUT2D eigenvalue weighted by Gasteiger charge is 2.57. The van der Waals surface area contributed by atoms with Crippen LogP contribution in [-0.2, 0) is 18.0 Å². The first-order valence-electron chi connectivity index (χ1n) is 11.9. The summed E-state index contributed by atoms with van der Waals surface area (Å²) in [6.07, 6.45) is 0.325. The maximum Gasteiger partial charge on any atom is 0.416 e. The molecule has 1 amide bonds. The first-order valence-corrected chi connectivity index (χ1v) is 12.9. The number of amides is 1. The van der Waals surface area contributed by atoms with Crippen molar-refractivity contribution in [1.82, 2.24) is 25.0 Å². The number of alkyl halides is 3. The zero-order chi connectivity index (χ0) is 23.9. The summed E-state index contributed by atoms with van der Waals surface area (Å²) in [5.41, 5.74) is 0.715. The second kappa shape index (κ2) is 10.3. The number of benzene rings is 1. The molecule has 1 unspecified atom stereocenters. The summed E-state index contributed by atoms with van der Waals surface area (Å²) in [7, 11) is 1.98. The number of likely N-dealkylation sites (tertiary alicyclic amines) is 1. The number of hydrogen-bond donors (Lipinski definition) is 1. The molecule has 3 atom stereocenters. The van der Waals surface area contributed by atoms with E-state index in [4.69, 9.17) is 0 Å². The Bertz CT molecular complexity index is 1050. The van der Waals surface area contributed by atoms with Gasteiger partial charge in [-0.05, 0) is 67.8 Å². The van der Waals surface area contributed by atoms with E-state index >= 15 is 0 Å². The second-order valence-electron chi connectivity index (χ2n) is 9.91. The second-order valence-corrected chi connectivity index (χ2v) is 11.0. The van der Waals surface area contributed by atoms with Gasteiger partial charge in [0.2, 0.25) is 5.91 Å². The van der Waals surface area contributed by atoms with Crippen LogP contribution < -0.4 is 5.32 Å². The molecule has 3 aliphatic rings. The Kier molecular flexibility index (Phi) is 7.74. The van der Waals surface area contributed by atoms with Crippen molar-refractivity contribution in [3.63, 3.8) is 0 Å². The molecule has 192 valence electrons. The molecular formula is C24H31ClF3N5OS. The fourth-order valence-corrected chi connectivity index (χ4v) is 6.45. The Labute approximate surface area is 213 Å². The molecule has 1 aromatic carbocycles. The Hall–Kier alpha value is -1.78. The number of rotatable bonds is 7. The van der Waals surface area contributed by atoms with Gasteiger partial charge in [0.15, 0.2) is 5.16 Å². The predicted molar refractivity (Wildman–Crippen MR) is 131 cm³/mol. The van der Waals surface area contributed by atoms with Crippen molar-refractivity contribution in [3.05, 3.63) is 41.2 Å². The van der Waals surface area contributed by atoms with Gasteiger partial charge >= 0.3 is 6.18 Å². The molecule has 11 heteroatoms. The van der Waals surface area contributed by atoms with Crippen molar-refractivity contribution in [2.75, 3.05) is 31.9 Å². The minimum Gasteiger partial charge on any atom is -0.356 e. The lowest BCUT2D eigenvalue weighted by Gasteiger charge is -2.21. The van der Waals surface area contributed by atoms with E-state index in [0.717, 1.165) is 67.6 Å². The Balaban J connectivity index is 0.00000289. The van der Waals surface area contributed by atoms with Gasteiger partial charge < -0.3 is 14.8 Å². The smallest absolute Gasteiger partial charge is 0.356 e. The zero-order valence-corrected chi connectivity index (χ0v) is 21.3. The Morgan fingerprint density at radius 3 is 2.71 bits per heavy atom. The van der Waals surface area contributed by atoms with Gasteiger partial charge in [0.25, 0.3) is 0 Å². The van der Waals surface area contributed by atoms with Gasteiger partial charge in [0.05, 0.1) is 5.56 Å². The number of nitrogens with zero attached hydrogens (tertiary/aromatic N) is 4. The molecule has 3 heterocycles. The van der Waals surface area contributed by atoms with Crippen molar-refractivity contribution < 1.29 is 18.0 Å². The molecule has 1 N–H and O–H groups in total. The van der Waals surface area contributed by atoms with Crippen molar-refractivity contribution in [1.29, 1.82) is 0 Å². The summed E-state index contributed by atoms with van der Waals surface area (Å²) in [5, 5.41) is 12.4. The molecule has 2 aromatic rings. The molecule has 1 aromatic heterocycles. The van der Waals surface area contributed by atoms with Gasteiger partial charge in [0.1, 0.15) is 5.82 Å². The fraction of sp³-hybridized carbons (Fsp3) is 0.625. The van der Waals surface area contributed by atoms with E-state index in [9.17, 15) is 18.0 Å². The largest absolute Gasteiger partial charge is 0.416 e. The quantitative estimate of drug-likeness (QED) is 0.419. The van der Waals surface area contributed by atoms with E-state index < -0.39 is 11.7 Å². The number of halogens is 4. The van der Waals surface area contributed by atoms with Gasteiger partial charge in [-0.15, -0.1) is 22.6 Å². The van der Waals surface area contributed by atoms with Crippen LogP contribution in [0.2, 0.25) is 0 Å². The molecule has 35 heavy (non-hydrogen) atoms. The summed E-state index contributed by atoms with van der Waals surface area (Å²) < 4.78 is 40.5. The highest BCUT2D eigenvalue weighted by Crippen LogP contribution is 2.64. The van der Waals surface area contributed by atoms with Crippen LogP contribution in [0.15, 0.2) is 29.4 Å². The summed E-state index contributed by atoms with van der Waals surface area (Å²) in [5.74, 6) is 2.43. The first kappa shape index (κ1) is 26.3. The third kappa shape index (κ3) is 5.64. The molecule has 6 nitrogen and oxygen atoms in total. The lowest BCUT2D eigenvalue weighted by atomic mass is 9.97. The van der Waals surface area contributed by atoms with Gasteiger partial charge in [-0.25, -0.2) is 0 Å². The van der Waals surface area contributed by atoms with Gasteiger partial charge in [-0.2, -0.15) is 13.2 Å². The van der Waals surface area contributed by atoms with Crippen LogP contribution in [-0.4, -0.2) is 57.5 Å². The van der Waals surface area contributed by atoms with Gasteiger partial charge in [-0.3, -0.25) is 4.79 Å². The van der Waals surface area contributed by atoms with E-state index in [1.54, 1.807) is 23.9 Å². The van der Waals surface area contributed by atoms with E-state index in [0.29, 0.717) is 18.9 Å². The Morgan fingerprint density at radius 2 is 2.00 bits per heavy atom.